The van der Waals surface area contributed by atoms with Gasteiger partial charge in [0.1, 0.15) is 11.3 Å². The zero-order valence-electron chi connectivity index (χ0n) is 14.6. The van der Waals surface area contributed by atoms with Gasteiger partial charge in [-0.1, -0.05) is 30.3 Å². The molecule has 1 N–H and O–H groups in total. The largest absolute Gasteiger partial charge is 0.459 e. The van der Waals surface area contributed by atoms with Crippen LogP contribution in [0.25, 0.3) is 11.0 Å². The topological polar surface area (TPSA) is 42.2 Å². The van der Waals surface area contributed by atoms with Crippen LogP contribution in [0.2, 0.25) is 0 Å². The summed E-state index contributed by atoms with van der Waals surface area (Å²) in [5, 5.41) is 4.08. The van der Waals surface area contributed by atoms with Gasteiger partial charge in [-0.2, -0.15) is 0 Å². The van der Waals surface area contributed by atoms with E-state index in [1.165, 1.54) is 23.5 Å². The highest BCUT2D eigenvalue weighted by molar-refractivity contribution is 8.16. The van der Waals surface area contributed by atoms with E-state index in [1.807, 2.05) is 72.9 Å². The first-order valence-corrected chi connectivity index (χ1v) is 10.9. The van der Waals surface area contributed by atoms with E-state index in [9.17, 15) is 4.79 Å². The first-order valence-electron chi connectivity index (χ1n) is 8.83. The van der Waals surface area contributed by atoms with Crippen LogP contribution in [0.3, 0.4) is 0 Å². The summed E-state index contributed by atoms with van der Waals surface area (Å²) >= 11 is 3.98. The average molecular weight is 384 g/mol. The van der Waals surface area contributed by atoms with Crippen LogP contribution >= 0.6 is 23.5 Å². The zero-order valence-corrected chi connectivity index (χ0v) is 16.2. The second-order valence-electron chi connectivity index (χ2n) is 6.43. The number of carbonyl (C=O) groups is 1. The Morgan fingerprint density at radius 1 is 1.12 bits per heavy atom. The van der Waals surface area contributed by atoms with Gasteiger partial charge in [-0.05, 0) is 54.7 Å². The molecule has 1 atom stereocenters. The fourth-order valence-electron chi connectivity index (χ4n) is 3.04. The molecule has 0 unspecified atom stereocenters. The second kappa shape index (κ2) is 7.80. The molecule has 1 aliphatic rings. The predicted octanol–water partition coefficient (Wildman–Crippen LogP) is 5.79. The van der Waals surface area contributed by atoms with E-state index in [-0.39, 0.29) is 11.9 Å². The molecule has 1 aliphatic heterocycles. The van der Waals surface area contributed by atoms with Crippen molar-refractivity contribution in [2.75, 3.05) is 11.5 Å². The van der Waals surface area contributed by atoms with Gasteiger partial charge in [0, 0.05) is 10.9 Å². The lowest BCUT2D eigenvalue weighted by molar-refractivity contribution is 0.0935. The molecule has 3 nitrogen and oxygen atoms in total. The van der Waals surface area contributed by atoms with Gasteiger partial charge >= 0.3 is 0 Å². The maximum atomic E-state index is 12.6. The zero-order chi connectivity index (χ0) is 17.9. The molecule has 0 radical (unpaired) electrons. The fourth-order valence-corrected chi connectivity index (χ4v) is 5.93. The van der Waals surface area contributed by atoms with Crippen molar-refractivity contribution < 1.29 is 9.21 Å². The quantitative estimate of drug-likeness (QED) is 0.619. The van der Waals surface area contributed by atoms with Gasteiger partial charge in [0.15, 0.2) is 0 Å². The van der Waals surface area contributed by atoms with Gasteiger partial charge in [0.05, 0.1) is 10.6 Å². The third-order valence-electron chi connectivity index (χ3n) is 4.49. The van der Waals surface area contributed by atoms with Crippen LogP contribution in [0.15, 0.2) is 59.0 Å². The van der Waals surface area contributed by atoms with Crippen LogP contribution in [0, 0.1) is 0 Å². The monoisotopic (exact) mass is 383 g/mol. The minimum atomic E-state index is -0.181. The molecule has 1 saturated heterocycles. The number of hydrogen-bond acceptors (Lipinski definition) is 4. The molecule has 1 aromatic heterocycles. The minimum Gasteiger partial charge on any atom is -0.459 e. The number of nitrogens with one attached hydrogen (secondary N) is 1. The van der Waals surface area contributed by atoms with Crippen molar-refractivity contribution in [1.82, 2.24) is 5.32 Å². The smallest absolute Gasteiger partial charge is 0.251 e. The summed E-state index contributed by atoms with van der Waals surface area (Å²) in [6, 6.07) is 17.7. The van der Waals surface area contributed by atoms with Crippen LogP contribution < -0.4 is 5.32 Å². The Morgan fingerprint density at radius 2 is 1.85 bits per heavy atom. The number of para-hydroxylation sites is 1. The van der Waals surface area contributed by atoms with Crippen molar-refractivity contribution in [2.24, 2.45) is 0 Å². The number of hydrogen-bond donors (Lipinski definition) is 1. The number of furan rings is 1. The maximum Gasteiger partial charge on any atom is 0.251 e. The number of fused-ring (bicyclic) bond motifs is 1. The van der Waals surface area contributed by atoms with Crippen molar-refractivity contribution in [3.63, 3.8) is 0 Å². The number of rotatable bonds is 4. The number of carbonyl (C=O) groups excluding carboxylic acids is 1. The molecule has 2 aromatic carbocycles. The Labute approximate surface area is 161 Å². The highest BCUT2D eigenvalue weighted by atomic mass is 32.2. The molecule has 0 bridgehead atoms. The standard InChI is InChI=1S/C21H21NO2S2/c1-14(19-13-17-5-2-3-6-18(17)24-19)22-20(23)15-7-9-16(10-8-15)21-25-11-4-12-26-21/h2-3,5-10,13-14,21H,4,11-12H2,1H3,(H,22,23)/t14-/m1/s1. The molecule has 0 saturated carbocycles. The van der Waals surface area contributed by atoms with Gasteiger partial charge in [-0.3, -0.25) is 4.79 Å². The minimum absolute atomic E-state index is 0.0755. The number of thioether (sulfide) groups is 2. The predicted molar refractivity (Wildman–Crippen MR) is 111 cm³/mol. The van der Waals surface area contributed by atoms with Crippen molar-refractivity contribution in [3.05, 3.63) is 71.5 Å². The van der Waals surface area contributed by atoms with Gasteiger partial charge in [-0.25, -0.2) is 0 Å². The Hall–Kier alpha value is -1.85. The summed E-state index contributed by atoms with van der Waals surface area (Å²) in [7, 11) is 0. The van der Waals surface area contributed by atoms with Crippen LogP contribution in [0.1, 0.15) is 45.7 Å². The summed E-state index contributed by atoms with van der Waals surface area (Å²) in [5.74, 6) is 3.13. The Balaban J connectivity index is 1.43. The molecular formula is C21H21NO2S2. The molecule has 0 spiro atoms. The molecule has 4 rings (SSSR count). The first-order chi connectivity index (χ1) is 12.7. The summed E-state index contributed by atoms with van der Waals surface area (Å²) in [6.07, 6.45) is 1.28. The third-order valence-corrected chi connectivity index (χ3v) is 7.51. The average Bonchev–Trinajstić information content (AvgIpc) is 3.13. The summed E-state index contributed by atoms with van der Waals surface area (Å²) in [6.45, 7) is 1.94. The lowest BCUT2D eigenvalue weighted by atomic mass is 10.1. The SMILES string of the molecule is C[C@@H](NC(=O)c1ccc(C2SCCCS2)cc1)c1cc2ccccc2o1. The van der Waals surface area contributed by atoms with E-state index in [4.69, 9.17) is 4.42 Å². The second-order valence-corrected chi connectivity index (χ2v) is 9.16. The van der Waals surface area contributed by atoms with E-state index in [0.29, 0.717) is 10.1 Å². The molecule has 0 aliphatic carbocycles. The normalized spacial score (nSPS) is 16.5. The van der Waals surface area contributed by atoms with Gasteiger partial charge in [-0.15, -0.1) is 23.5 Å². The van der Waals surface area contributed by atoms with Gasteiger partial charge in [0.2, 0.25) is 0 Å². The third kappa shape index (κ3) is 3.79. The molecule has 1 amide bonds. The van der Waals surface area contributed by atoms with E-state index < -0.39 is 0 Å². The van der Waals surface area contributed by atoms with E-state index in [2.05, 4.69) is 17.4 Å². The lowest BCUT2D eigenvalue weighted by Gasteiger charge is -2.21. The molecular weight excluding hydrogens is 362 g/mol. The van der Waals surface area contributed by atoms with E-state index in [1.54, 1.807) is 0 Å². The lowest BCUT2D eigenvalue weighted by Crippen LogP contribution is -2.26. The fraction of sp³-hybridized carbons (Fsp3) is 0.286. The summed E-state index contributed by atoms with van der Waals surface area (Å²) < 4.78 is 6.34. The molecule has 26 heavy (non-hydrogen) atoms. The van der Waals surface area contributed by atoms with Crippen LogP contribution in [-0.2, 0) is 0 Å². The summed E-state index contributed by atoms with van der Waals surface area (Å²) in [4.78, 5) is 12.6. The molecule has 2 heterocycles. The highest BCUT2D eigenvalue weighted by Crippen LogP contribution is 2.43. The van der Waals surface area contributed by atoms with Crippen molar-refractivity contribution in [2.45, 2.75) is 24.0 Å². The van der Waals surface area contributed by atoms with E-state index in [0.717, 1.165) is 16.7 Å². The molecule has 3 aromatic rings. The van der Waals surface area contributed by atoms with Crippen LogP contribution in [-0.4, -0.2) is 17.4 Å². The van der Waals surface area contributed by atoms with Crippen molar-refractivity contribution in [3.8, 4) is 0 Å². The summed E-state index contributed by atoms with van der Waals surface area (Å²) in [5.41, 5.74) is 2.82. The molecule has 5 heteroatoms. The molecule has 134 valence electrons. The van der Waals surface area contributed by atoms with Gasteiger partial charge < -0.3 is 9.73 Å². The Bertz CT molecular complexity index is 865. The van der Waals surface area contributed by atoms with Crippen molar-refractivity contribution >= 4 is 40.4 Å². The van der Waals surface area contributed by atoms with E-state index >= 15 is 0 Å². The van der Waals surface area contributed by atoms with Crippen molar-refractivity contribution in [1.29, 1.82) is 0 Å². The molecule has 1 fully saturated rings. The highest BCUT2D eigenvalue weighted by Gasteiger charge is 2.18. The number of amides is 1. The van der Waals surface area contributed by atoms with Gasteiger partial charge in [0.25, 0.3) is 5.91 Å². The van der Waals surface area contributed by atoms with Crippen LogP contribution in [0.5, 0.6) is 0 Å². The maximum absolute atomic E-state index is 12.6. The Kier molecular flexibility index (Phi) is 5.27. The Morgan fingerprint density at radius 3 is 2.58 bits per heavy atom. The van der Waals surface area contributed by atoms with Crippen LogP contribution in [0.4, 0.5) is 0 Å². The first kappa shape index (κ1) is 17.6. The number of benzene rings is 2.